The molecule has 0 spiro atoms. The number of ether oxygens (including phenoxy) is 1. The highest BCUT2D eigenvalue weighted by Gasteiger charge is 2.41. The van der Waals surface area contributed by atoms with Crippen LogP contribution < -0.4 is 5.32 Å². The van der Waals surface area contributed by atoms with Crippen LogP contribution in [-0.4, -0.2) is 23.3 Å². The number of carbonyl (C=O) groups is 2. The van der Waals surface area contributed by atoms with Crippen LogP contribution in [0.3, 0.4) is 0 Å². The molecule has 1 aliphatic heterocycles. The van der Waals surface area contributed by atoms with E-state index in [1.165, 1.54) is 0 Å². The van der Waals surface area contributed by atoms with Crippen molar-refractivity contribution in [2.45, 2.75) is 44.9 Å². The summed E-state index contributed by atoms with van der Waals surface area (Å²) in [6.07, 6.45) is 5.33. The van der Waals surface area contributed by atoms with E-state index in [4.69, 9.17) is 4.74 Å². The van der Waals surface area contributed by atoms with E-state index >= 15 is 0 Å². The average Bonchev–Trinajstić information content (AvgIpc) is 2.77. The fraction of sp³-hybridized carbons (Fsp3) is 0.320. The number of benzene rings is 1. The van der Waals surface area contributed by atoms with Crippen molar-refractivity contribution in [2.75, 3.05) is 6.61 Å². The highest BCUT2D eigenvalue weighted by Crippen LogP contribution is 2.45. The van der Waals surface area contributed by atoms with Crippen molar-refractivity contribution in [1.29, 1.82) is 0 Å². The van der Waals surface area contributed by atoms with Crippen LogP contribution in [0.2, 0.25) is 0 Å². The van der Waals surface area contributed by atoms with Crippen LogP contribution >= 0.6 is 0 Å². The SMILES string of the molecule is CCCOC(=O)C1=C(C)NC2=C(C(=O)C[C@H](c3ccccc3)C2)[C@@H]1c1cccnc1. The number of rotatable bonds is 5. The molecule has 5 nitrogen and oxygen atoms in total. The van der Waals surface area contributed by atoms with E-state index in [9.17, 15) is 9.59 Å². The summed E-state index contributed by atoms with van der Waals surface area (Å²) < 4.78 is 5.47. The Kier molecular flexibility index (Phi) is 5.79. The van der Waals surface area contributed by atoms with Gasteiger partial charge in [0, 0.05) is 41.7 Å². The number of aromatic nitrogens is 1. The number of hydrogen-bond donors (Lipinski definition) is 1. The first-order valence-corrected chi connectivity index (χ1v) is 10.5. The number of pyridine rings is 1. The Labute approximate surface area is 176 Å². The second-order valence-electron chi connectivity index (χ2n) is 7.85. The summed E-state index contributed by atoms with van der Waals surface area (Å²) >= 11 is 0. The molecule has 2 heterocycles. The first-order valence-electron chi connectivity index (χ1n) is 10.5. The van der Waals surface area contributed by atoms with Gasteiger partial charge in [0.1, 0.15) is 0 Å². The van der Waals surface area contributed by atoms with E-state index in [0.29, 0.717) is 24.2 Å². The molecule has 0 amide bonds. The Morgan fingerprint density at radius 2 is 1.90 bits per heavy atom. The number of allylic oxidation sites excluding steroid dienone is 3. The van der Waals surface area contributed by atoms with Crippen LogP contribution in [0, 0.1) is 0 Å². The Hall–Kier alpha value is -3.21. The maximum atomic E-state index is 13.4. The Morgan fingerprint density at radius 1 is 1.13 bits per heavy atom. The summed E-state index contributed by atoms with van der Waals surface area (Å²) in [7, 11) is 0. The third-order valence-electron chi connectivity index (χ3n) is 5.77. The second kappa shape index (κ2) is 8.66. The predicted octanol–water partition coefficient (Wildman–Crippen LogP) is 4.40. The van der Waals surface area contributed by atoms with Crippen molar-refractivity contribution in [3.8, 4) is 0 Å². The Morgan fingerprint density at radius 3 is 2.60 bits per heavy atom. The lowest BCUT2D eigenvalue weighted by Crippen LogP contribution is -2.36. The maximum Gasteiger partial charge on any atom is 0.336 e. The smallest absolute Gasteiger partial charge is 0.336 e. The topological polar surface area (TPSA) is 68.3 Å². The van der Waals surface area contributed by atoms with Gasteiger partial charge in [0.15, 0.2) is 5.78 Å². The summed E-state index contributed by atoms with van der Waals surface area (Å²) in [5, 5.41) is 3.37. The minimum atomic E-state index is -0.455. The molecule has 1 aromatic carbocycles. The van der Waals surface area contributed by atoms with Gasteiger partial charge < -0.3 is 10.1 Å². The fourth-order valence-electron chi connectivity index (χ4n) is 4.42. The number of carbonyl (C=O) groups excluding carboxylic acids is 2. The zero-order valence-electron chi connectivity index (χ0n) is 17.4. The lowest BCUT2D eigenvalue weighted by Gasteiger charge is -2.36. The third kappa shape index (κ3) is 3.80. The molecule has 0 radical (unpaired) electrons. The minimum absolute atomic E-state index is 0.0692. The molecule has 1 N–H and O–H groups in total. The first-order chi connectivity index (χ1) is 14.6. The van der Waals surface area contributed by atoms with Crippen molar-refractivity contribution in [2.24, 2.45) is 0 Å². The molecule has 0 saturated heterocycles. The van der Waals surface area contributed by atoms with Gasteiger partial charge in [-0.2, -0.15) is 0 Å². The number of nitrogens with one attached hydrogen (secondary N) is 1. The predicted molar refractivity (Wildman–Crippen MR) is 115 cm³/mol. The molecule has 2 aliphatic rings. The molecule has 154 valence electrons. The van der Waals surface area contributed by atoms with Crippen LogP contribution in [0.25, 0.3) is 0 Å². The Balaban J connectivity index is 1.76. The van der Waals surface area contributed by atoms with Crippen molar-refractivity contribution < 1.29 is 14.3 Å². The number of Topliss-reactive ketones (excluding diaryl/α,β-unsaturated/α-hetero) is 1. The molecule has 1 aromatic heterocycles. The number of nitrogens with zero attached hydrogens (tertiary/aromatic N) is 1. The van der Waals surface area contributed by atoms with E-state index in [-0.39, 0.29) is 17.7 Å². The molecule has 5 heteroatoms. The molecule has 4 rings (SSSR count). The first kappa shape index (κ1) is 20.1. The van der Waals surface area contributed by atoms with Crippen LogP contribution in [0.5, 0.6) is 0 Å². The highest BCUT2D eigenvalue weighted by molar-refractivity contribution is 6.04. The average molecular weight is 402 g/mol. The molecule has 0 fully saturated rings. The van der Waals surface area contributed by atoms with Gasteiger partial charge in [0.25, 0.3) is 0 Å². The van der Waals surface area contributed by atoms with Gasteiger partial charge in [-0.25, -0.2) is 4.79 Å². The van der Waals surface area contributed by atoms with E-state index in [1.807, 2.05) is 44.2 Å². The summed E-state index contributed by atoms with van der Waals surface area (Å²) in [5.74, 6) is -0.635. The molecule has 0 saturated carbocycles. The highest BCUT2D eigenvalue weighted by atomic mass is 16.5. The zero-order chi connectivity index (χ0) is 21.1. The van der Waals surface area contributed by atoms with E-state index in [2.05, 4.69) is 22.4 Å². The van der Waals surface area contributed by atoms with E-state index in [0.717, 1.165) is 35.4 Å². The fourth-order valence-corrected chi connectivity index (χ4v) is 4.42. The monoisotopic (exact) mass is 402 g/mol. The standard InChI is InChI=1S/C25H26N2O3/c1-3-12-30-25(29)22-16(2)27-20-13-19(17-8-5-4-6-9-17)14-21(28)24(20)23(22)18-10-7-11-26-15-18/h4-11,15,19,23,27H,3,12-14H2,1-2H3/t19-,23-/m1/s1. The van der Waals surface area contributed by atoms with Crippen molar-refractivity contribution in [3.05, 3.63) is 88.5 Å². The maximum absolute atomic E-state index is 13.4. The second-order valence-corrected chi connectivity index (χ2v) is 7.85. The van der Waals surface area contributed by atoms with Gasteiger partial charge in [-0.15, -0.1) is 0 Å². The van der Waals surface area contributed by atoms with Crippen molar-refractivity contribution in [1.82, 2.24) is 10.3 Å². The number of esters is 1. The van der Waals surface area contributed by atoms with Gasteiger partial charge >= 0.3 is 5.97 Å². The van der Waals surface area contributed by atoms with Crippen molar-refractivity contribution >= 4 is 11.8 Å². The minimum Gasteiger partial charge on any atom is -0.462 e. The van der Waals surface area contributed by atoms with Gasteiger partial charge in [0.05, 0.1) is 12.2 Å². The number of hydrogen-bond acceptors (Lipinski definition) is 5. The van der Waals surface area contributed by atoms with Gasteiger partial charge in [-0.3, -0.25) is 9.78 Å². The quantitative estimate of drug-likeness (QED) is 0.751. The van der Waals surface area contributed by atoms with Gasteiger partial charge in [0.2, 0.25) is 0 Å². The van der Waals surface area contributed by atoms with E-state index in [1.54, 1.807) is 12.4 Å². The Bertz CT molecular complexity index is 1010. The lowest BCUT2D eigenvalue weighted by atomic mass is 9.72. The van der Waals surface area contributed by atoms with Crippen LogP contribution in [0.1, 0.15) is 56.1 Å². The van der Waals surface area contributed by atoms with Gasteiger partial charge in [-0.1, -0.05) is 43.3 Å². The molecular weight excluding hydrogens is 376 g/mol. The number of ketones is 1. The van der Waals surface area contributed by atoms with E-state index < -0.39 is 5.92 Å². The van der Waals surface area contributed by atoms with Crippen LogP contribution in [0.15, 0.2) is 77.4 Å². The summed E-state index contributed by atoms with van der Waals surface area (Å²) in [6, 6.07) is 13.9. The number of dihydropyridines is 1. The third-order valence-corrected chi connectivity index (χ3v) is 5.77. The largest absolute Gasteiger partial charge is 0.462 e. The summed E-state index contributed by atoms with van der Waals surface area (Å²) in [4.78, 5) is 30.6. The zero-order valence-corrected chi connectivity index (χ0v) is 17.4. The summed E-state index contributed by atoms with van der Waals surface area (Å²) in [6.45, 7) is 4.19. The molecule has 2 atom stereocenters. The molecule has 30 heavy (non-hydrogen) atoms. The van der Waals surface area contributed by atoms with Gasteiger partial charge in [-0.05, 0) is 42.9 Å². The molecule has 0 unspecified atom stereocenters. The molecule has 2 aromatic rings. The molecule has 1 aliphatic carbocycles. The van der Waals surface area contributed by atoms with Crippen LogP contribution in [0.4, 0.5) is 0 Å². The molecule has 0 bridgehead atoms. The summed E-state index contributed by atoms with van der Waals surface area (Å²) in [5.41, 5.74) is 4.81. The molecular formula is C25H26N2O3. The lowest BCUT2D eigenvalue weighted by molar-refractivity contribution is -0.139. The van der Waals surface area contributed by atoms with Crippen molar-refractivity contribution in [3.63, 3.8) is 0 Å². The van der Waals surface area contributed by atoms with Crippen LogP contribution in [-0.2, 0) is 14.3 Å². The normalized spacial score (nSPS) is 21.2.